The lowest BCUT2D eigenvalue weighted by molar-refractivity contribution is 0.241. The SMILES string of the molecule is CC(C)=CCCC(C)=CCCC(C)=CCCC(C)=CCNC(=O)NCc1ccccn1. The Bertz CT molecular complexity index is 769. The minimum absolute atomic E-state index is 0.172. The van der Waals surface area contributed by atoms with Crippen molar-refractivity contribution in [2.24, 2.45) is 0 Å². The van der Waals surface area contributed by atoms with Gasteiger partial charge in [0.2, 0.25) is 0 Å². The lowest BCUT2D eigenvalue weighted by Crippen LogP contribution is -2.35. The number of urea groups is 1. The van der Waals surface area contributed by atoms with Crippen LogP contribution in [0.3, 0.4) is 0 Å². The second-order valence-corrected chi connectivity index (χ2v) is 8.43. The molecule has 0 aliphatic carbocycles. The standard InChI is InChI=1S/C27H41N3O/c1-22(2)11-8-12-23(3)13-9-14-24(4)15-10-16-25(5)18-20-29-27(31)30-21-26-17-6-7-19-28-26/h6-7,11,13,15,17-19H,8-10,12,14,16,20-21H2,1-5H3,(H2,29,30,31). The first kappa shape index (κ1) is 26.4. The Labute approximate surface area is 189 Å². The number of amides is 2. The number of pyridine rings is 1. The molecule has 0 unspecified atom stereocenters. The van der Waals surface area contributed by atoms with Gasteiger partial charge < -0.3 is 10.6 Å². The van der Waals surface area contributed by atoms with E-state index in [0.717, 1.165) is 44.2 Å². The van der Waals surface area contributed by atoms with Gasteiger partial charge in [-0.05, 0) is 85.3 Å². The molecule has 0 spiro atoms. The molecule has 1 aromatic rings. The number of nitrogens with one attached hydrogen (secondary N) is 2. The Morgan fingerprint density at radius 2 is 1.39 bits per heavy atom. The minimum Gasteiger partial charge on any atom is -0.335 e. The number of rotatable bonds is 13. The van der Waals surface area contributed by atoms with Gasteiger partial charge in [0.1, 0.15) is 0 Å². The van der Waals surface area contributed by atoms with Crippen molar-refractivity contribution in [3.63, 3.8) is 0 Å². The average molecular weight is 424 g/mol. The zero-order chi connectivity index (χ0) is 22.9. The van der Waals surface area contributed by atoms with E-state index >= 15 is 0 Å². The molecule has 0 saturated heterocycles. The summed E-state index contributed by atoms with van der Waals surface area (Å²) >= 11 is 0. The maximum Gasteiger partial charge on any atom is 0.315 e. The highest BCUT2D eigenvalue weighted by molar-refractivity contribution is 5.73. The average Bonchev–Trinajstić information content (AvgIpc) is 2.72. The summed E-state index contributed by atoms with van der Waals surface area (Å²) in [6, 6.07) is 5.49. The van der Waals surface area contributed by atoms with Gasteiger partial charge in [0.05, 0.1) is 12.2 Å². The maximum absolute atomic E-state index is 11.8. The van der Waals surface area contributed by atoms with Crippen molar-refractivity contribution in [3.05, 3.63) is 76.7 Å². The molecular weight excluding hydrogens is 382 g/mol. The number of carbonyl (C=O) groups excluding carboxylic acids is 1. The smallest absolute Gasteiger partial charge is 0.315 e. The molecule has 0 atom stereocenters. The lowest BCUT2D eigenvalue weighted by atomic mass is 10.0. The van der Waals surface area contributed by atoms with Gasteiger partial charge in [0, 0.05) is 12.7 Å². The fourth-order valence-corrected chi connectivity index (χ4v) is 3.04. The Morgan fingerprint density at radius 3 is 1.94 bits per heavy atom. The monoisotopic (exact) mass is 423 g/mol. The third-order valence-corrected chi connectivity index (χ3v) is 5.02. The predicted molar refractivity (Wildman–Crippen MR) is 133 cm³/mol. The van der Waals surface area contributed by atoms with Gasteiger partial charge in [-0.15, -0.1) is 0 Å². The van der Waals surface area contributed by atoms with Crippen LogP contribution in [-0.2, 0) is 6.54 Å². The summed E-state index contributed by atoms with van der Waals surface area (Å²) in [5, 5.41) is 5.68. The van der Waals surface area contributed by atoms with Gasteiger partial charge >= 0.3 is 6.03 Å². The number of nitrogens with zero attached hydrogens (tertiary/aromatic N) is 1. The number of hydrogen-bond donors (Lipinski definition) is 2. The largest absolute Gasteiger partial charge is 0.335 e. The molecule has 31 heavy (non-hydrogen) atoms. The summed E-state index contributed by atoms with van der Waals surface area (Å²) in [5.41, 5.74) is 6.48. The van der Waals surface area contributed by atoms with Gasteiger partial charge in [-0.1, -0.05) is 52.7 Å². The first-order chi connectivity index (χ1) is 14.9. The van der Waals surface area contributed by atoms with Crippen molar-refractivity contribution in [2.45, 2.75) is 79.7 Å². The fourth-order valence-electron chi connectivity index (χ4n) is 3.04. The van der Waals surface area contributed by atoms with Crippen LogP contribution in [0.2, 0.25) is 0 Å². The molecule has 0 aliphatic rings. The first-order valence-corrected chi connectivity index (χ1v) is 11.4. The predicted octanol–water partition coefficient (Wildman–Crippen LogP) is 7.03. The van der Waals surface area contributed by atoms with Gasteiger partial charge in [-0.2, -0.15) is 0 Å². The third-order valence-electron chi connectivity index (χ3n) is 5.02. The molecule has 170 valence electrons. The van der Waals surface area contributed by atoms with Crippen molar-refractivity contribution < 1.29 is 4.79 Å². The summed E-state index contributed by atoms with van der Waals surface area (Å²) < 4.78 is 0. The minimum atomic E-state index is -0.172. The quantitative estimate of drug-likeness (QED) is 0.335. The molecule has 1 heterocycles. The zero-order valence-electron chi connectivity index (χ0n) is 20.1. The van der Waals surface area contributed by atoms with E-state index in [1.54, 1.807) is 6.20 Å². The Balaban J connectivity index is 2.18. The summed E-state index contributed by atoms with van der Waals surface area (Å²) in [5.74, 6) is 0. The number of hydrogen-bond acceptors (Lipinski definition) is 2. The van der Waals surface area contributed by atoms with Gasteiger partial charge in [-0.25, -0.2) is 4.79 Å². The maximum atomic E-state index is 11.8. The molecule has 4 nitrogen and oxygen atoms in total. The molecule has 2 amide bonds. The van der Waals surface area contributed by atoms with Crippen LogP contribution in [0, 0.1) is 0 Å². The molecule has 1 rings (SSSR count). The fraction of sp³-hybridized carbons (Fsp3) is 0.481. The van der Waals surface area contributed by atoms with E-state index in [1.807, 2.05) is 18.2 Å². The van der Waals surface area contributed by atoms with Gasteiger partial charge in [0.15, 0.2) is 0 Å². The van der Waals surface area contributed by atoms with Gasteiger partial charge in [-0.3, -0.25) is 4.98 Å². The molecule has 0 radical (unpaired) electrons. The van der Waals surface area contributed by atoms with Crippen LogP contribution in [0.25, 0.3) is 0 Å². The third kappa shape index (κ3) is 14.9. The Hall–Kier alpha value is -2.62. The number of aromatic nitrogens is 1. The van der Waals surface area contributed by atoms with Crippen molar-refractivity contribution in [1.29, 1.82) is 0 Å². The van der Waals surface area contributed by atoms with Crippen molar-refractivity contribution in [1.82, 2.24) is 15.6 Å². The van der Waals surface area contributed by atoms with E-state index in [0.29, 0.717) is 13.1 Å². The van der Waals surface area contributed by atoms with Crippen LogP contribution in [0.5, 0.6) is 0 Å². The Morgan fingerprint density at radius 1 is 0.806 bits per heavy atom. The molecule has 4 heteroatoms. The molecule has 0 aliphatic heterocycles. The second kappa shape index (κ2) is 16.1. The molecule has 0 aromatic carbocycles. The topological polar surface area (TPSA) is 54.0 Å². The normalized spacial score (nSPS) is 12.5. The highest BCUT2D eigenvalue weighted by atomic mass is 16.2. The van der Waals surface area contributed by atoms with Crippen molar-refractivity contribution in [3.8, 4) is 0 Å². The number of allylic oxidation sites excluding steroid dienone is 7. The van der Waals surface area contributed by atoms with Crippen LogP contribution in [0.4, 0.5) is 4.79 Å². The summed E-state index contributed by atoms with van der Waals surface area (Å²) in [4.78, 5) is 16.0. The van der Waals surface area contributed by atoms with Crippen molar-refractivity contribution >= 4 is 6.03 Å². The van der Waals surface area contributed by atoms with Crippen LogP contribution in [0.1, 0.15) is 78.8 Å². The highest BCUT2D eigenvalue weighted by Gasteiger charge is 1.99. The van der Waals surface area contributed by atoms with Crippen molar-refractivity contribution in [2.75, 3.05) is 6.54 Å². The molecule has 1 aromatic heterocycles. The van der Waals surface area contributed by atoms with E-state index in [4.69, 9.17) is 0 Å². The summed E-state index contributed by atoms with van der Waals surface area (Å²) in [6.45, 7) is 11.9. The zero-order valence-corrected chi connectivity index (χ0v) is 20.1. The van der Waals surface area contributed by atoms with Gasteiger partial charge in [0.25, 0.3) is 0 Å². The van der Waals surface area contributed by atoms with Crippen LogP contribution in [0.15, 0.2) is 71.0 Å². The first-order valence-electron chi connectivity index (χ1n) is 11.4. The van der Waals surface area contributed by atoms with E-state index in [2.05, 4.69) is 74.5 Å². The summed E-state index contributed by atoms with van der Waals surface area (Å²) in [6.07, 6.45) is 17.5. The van der Waals surface area contributed by atoms with Crippen LogP contribution in [-0.4, -0.2) is 17.6 Å². The van der Waals surface area contributed by atoms with E-state index in [1.165, 1.54) is 22.3 Å². The summed E-state index contributed by atoms with van der Waals surface area (Å²) in [7, 11) is 0. The molecule has 0 fully saturated rings. The molecular formula is C27H41N3O. The molecule has 0 bridgehead atoms. The van der Waals surface area contributed by atoms with E-state index in [9.17, 15) is 4.79 Å². The Kier molecular flexibility index (Phi) is 13.7. The molecule has 0 saturated carbocycles. The van der Waals surface area contributed by atoms with Crippen LogP contribution >= 0.6 is 0 Å². The van der Waals surface area contributed by atoms with E-state index in [-0.39, 0.29) is 6.03 Å². The van der Waals surface area contributed by atoms with E-state index < -0.39 is 0 Å². The highest BCUT2D eigenvalue weighted by Crippen LogP contribution is 2.13. The lowest BCUT2D eigenvalue weighted by Gasteiger charge is -2.06. The number of carbonyl (C=O) groups is 1. The second-order valence-electron chi connectivity index (χ2n) is 8.43. The molecule has 2 N–H and O–H groups in total. The van der Waals surface area contributed by atoms with Crippen LogP contribution < -0.4 is 10.6 Å².